The van der Waals surface area contributed by atoms with Gasteiger partial charge in [0.25, 0.3) is 5.56 Å². The molecule has 4 unspecified atom stereocenters. The highest BCUT2D eigenvalue weighted by molar-refractivity contribution is 5.70. The van der Waals surface area contributed by atoms with E-state index in [-0.39, 0.29) is 83.1 Å². The molecule has 5 heterocycles. The van der Waals surface area contributed by atoms with Gasteiger partial charge in [-0.2, -0.15) is 0 Å². The minimum Gasteiger partial charge on any atom is -0.461 e. The van der Waals surface area contributed by atoms with Crippen LogP contribution in [0.2, 0.25) is 0 Å². The van der Waals surface area contributed by atoms with Crippen molar-refractivity contribution in [2.75, 3.05) is 26.7 Å². The molecule has 24 heteroatoms. The molecule has 0 saturated carbocycles. The van der Waals surface area contributed by atoms with E-state index in [2.05, 4.69) is 72.5 Å². The van der Waals surface area contributed by atoms with Gasteiger partial charge in [-0.05, 0) is 84.1 Å². The Morgan fingerprint density at radius 2 is 0.844 bits per heavy atom. The summed E-state index contributed by atoms with van der Waals surface area (Å²) in [5.74, 6) is -1.22. The second-order valence-corrected chi connectivity index (χ2v) is 26.8. The number of carbonyl (C=O) groups excluding carboxylic acids is 3. The molecule has 544 valence electrons. The van der Waals surface area contributed by atoms with Crippen molar-refractivity contribution in [1.82, 2.24) is 59.0 Å². The van der Waals surface area contributed by atoms with Crippen LogP contribution in [0, 0.1) is 0 Å². The minimum atomic E-state index is -1.21. The first kappa shape index (κ1) is 81.0. The molecule has 0 radical (unpaired) electrons. The summed E-state index contributed by atoms with van der Waals surface area (Å²) in [7, 11) is 1.82. The van der Waals surface area contributed by atoms with Crippen LogP contribution >= 0.6 is 0 Å². The zero-order chi connectivity index (χ0) is 69.0. The Balaban J connectivity index is 1.38. The molecule has 0 amide bonds. The van der Waals surface area contributed by atoms with Gasteiger partial charge in [0.2, 0.25) is 0 Å². The molecule has 1 aliphatic rings. The second kappa shape index (κ2) is 48.9. The Labute approximate surface area is 573 Å². The summed E-state index contributed by atoms with van der Waals surface area (Å²) in [6.07, 6.45) is 40.2. The van der Waals surface area contributed by atoms with E-state index in [0.717, 1.165) is 159 Å². The van der Waals surface area contributed by atoms with Crippen molar-refractivity contribution >= 4 is 17.9 Å². The topological polar surface area (TPSA) is 266 Å². The molecule has 4 aromatic rings. The van der Waals surface area contributed by atoms with Crippen molar-refractivity contribution in [2.24, 2.45) is 0 Å². The molecule has 0 aliphatic carbocycles. The van der Waals surface area contributed by atoms with Crippen LogP contribution in [0.15, 0.2) is 40.4 Å². The fourth-order valence-corrected chi connectivity index (χ4v) is 12.6. The van der Waals surface area contributed by atoms with Gasteiger partial charge in [-0.1, -0.05) is 211 Å². The molecule has 24 nitrogen and oxygen atoms in total. The quantitative estimate of drug-likeness (QED) is 0.0244. The number of aliphatic hydroxyl groups excluding tert-OH is 1. The third-order valence-corrected chi connectivity index (χ3v) is 18.1. The molecule has 0 bridgehead atoms. The predicted molar refractivity (Wildman–Crippen MR) is 370 cm³/mol. The molecule has 1 N–H and O–H groups in total. The molecule has 7 atom stereocenters. The zero-order valence-electron chi connectivity index (χ0n) is 60.1. The smallest absolute Gasteiger partial charge is 0.333 e. The Kier molecular flexibility index (Phi) is 41.3. The highest BCUT2D eigenvalue weighted by Gasteiger charge is 2.48. The normalized spacial score (nSPS) is 16.6. The maximum Gasteiger partial charge on any atom is 0.333 e. The van der Waals surface area contributed by atoms with Crippen molar-refractivity contribution in [3.63, 3.8) is 0 Å². The van der Waals surface area contributed by atoms with Crippen LogP contribution in [-0.4, -0.2) is 145 Å². The fourth-order valence-electron chi connectivity index (χ4n) is 12.6. The number of esters is 3. The molecular formula is C72H124N12O12. The third kappa shape index (κ3) is 31.9. The average molecular weight is 1350 g/mol. The van der Waals surface area contributed by atoms with Crippen LogP contribution < -0.4 is 11.2 Å². The Bertz CT molecular complexity index is 2820. The lowest BCUT2D eigenvalue weighted by Gasteiger charge is -2.26. The lowest BCUT2D eigenvalue weighted by atomic mass is 10.0. The first-order chi connectivity index (χ1) is 46.8. The number of likely N-dealkylation sites (N-methyl/N-ethyl adjacent to an activating group) is 1. The lowest BCUT2D eigenvalue weighted by molar-refractivity contribution is -0.151. The zero-order valence-corrected chi connectivity index (χ0v) is 60.1. The largest absolute Gasteiger partial charge is 0.461 e. The van der Waals surface area contributed by atoms with E-state index in [9.17, 15) is 29.1 Å². The standard InChI is InChI=1S/C72H124N12O12/c1-8-14-20-26-29-35-41-61(38-32-23-17-11-4)93-66(87)53-80-48-58(73-76-80)51-84-65(86)44-45-83(72(84)90)71-70(92-57-60-50-82(78-75-60)55-68(89)95-63(40-34-25-19-13-6)43-37-31-28-22-16-10-3)69(64(96-71)52-79(7)46-47-85)91-56-59-49-81(77-74-59)54-67(88)94-62(39-33-24-18-12-5)42-36-30-27-21-15-9-2/h44-45,48-50,61-64,69-71,85H,8-43,46-47,51-57H2,1-7H3/t61?,62?,63?,64?,69-,70-,71-/m1/s1. The summed E-state index contributed by atoms with van der Waals surface area (Å²) in [4.78, 5) is 71.0. The maximum atomic E-state index is 14.9. The van der Waals surface area contributed by atoms with Gasteiger partial charge in [0.1, 0.15) is 73.3 Å². The van der Waals surface area contributed by atoms with Gasteiger partial charge >= 0.3 is 23.6 Å². The Morgan fingerprint density at radius 3 is 1.23 bits per heavy atom. The number of nitrogens with zero attached hydrogens (tertiary/aromatic N) is 12. The van der Waals surface area contributed by atoms with E-state index >= 15 is 0 Å². The first-order valence-electron chi connectivity index (χ1n) is 37.6. The molecule has 1 saturated heterocycles. The summed E-state index contributed by atoms with van der Waals surface area (Å²) in [6, 6.07) is 1.26. The summed E-state index contributed by atoms with van der Waals surface area (Å²) < 4.78 is 45.1. The number of hydrogen-bond acceptors (Lipinski definition) is 19. The number of rotatable bonds is 58. The van der Waals surface area contributed by atoms with E-state index in [0.29, 0.717) is 11.4 Å². The van der Waals surface area contributed by atoms with Gasteiger partial charge in [-0.15, -0.1) is 15.3 Å². The van der Waals surface area contributed by atoms with Crippen molar-refractivity contribution in [3.8, 4) is 0 Å². The van der Waals surface area contributed by atoms with Crippen LogP contribution in [0.4, 0.5) is 0 Å². The number of unbranched alkanes of at least 4 members (excludes halogenated alkanes) is 24. The SMILES string of the molecule is CCCCCCCCC(CCCCCC)OC(=O)Cn1cc(CO[C@@H]2[C@H](OCc3cn(CC(=O)OC(CCCCCC)CCCCCCCC)nn3)C(CN(C)CCO)O[C@H]2n2ccc(=O)n(Cc3cn(CC(=O)OC(CCCCCC)CCCCCCCC)nn3)c2=O)nn1. The highest BCUT2D eigenvalue weighted by atomic mass is 16.6. The molecular weight excluding hydrogens is 1220 g/mol. The summed E-state index contributed by atoms with van der Waals surface area (Å²) in [5.41, 5.74) is -0.312. The molecule has 4 aromatic heterocycles. The number of ether oxygens (including phenoxy) is 6. The van der Waals surface area contributed by atoms with E-state index in [1.807, 2.05) is 11.9 Å². The van der Waals surface area contributed by atoms with Gasteiger partial charge in [0, 0.05) is 25.4 Å². The average Bonchev–Trinajstić information content (AvgIpc) is 1.60. The fraction of sp³-hybridized carbons (Fsp3) is 0.819. The maximum absolute atomic E-state index is 14.9. The molecule has 0 spiro atoms. The van der Waals surface area contributed by atoms with E-state index in [1.165, 1.54) is 114 Å². The van der Waals surface area contributed by atoms with Crippen molar-refractivity contribution in [3.05, 3.63) is 68.8 Å². The van der Waals surface area contributed by atoms with E-state index in [4.69, 9.17) is 28.4 Å². The summed E-state index contributed by atoms with van der Waals surface area (Å²) in [6.45, 7) is 12.5. The Hall–Kier alpha value is -5.69. The minimum absolute atomic E-state index is 0.110. The van der Waals surface area contributed by atoms with Crippen molar-refractivity contribution in [2.45, 2.75) is 355 Å². The van der Waals surface area contributed by atoms with Gasteiger partial charge in [0.15, 0.2) is 6.23 Å². The second-order valence-electron chi connectivity index (χ2n) is 26.8. The summed E-state index contributed by atoms with van der Waals surface area (Å²) in [5, 5.41) is 35.8. The Morgan fingerprint density at radius 1 is 0.500 bits per heavy atom. The monoisotopic (exact) mass is 1350 g/mol. The van der Waals surface area contributed by atoms with Crippen LogP contribution in [0.1, 0.15) is 296 Å². The van der Waals surface area contributed by atoms with Crippen LogP contribution in [0.25, 0.3) is 0 Å². The van der Waals surface area contributed by atoms with Crippen LogP contribution in [-0.2, 0) is 82.2 Å². The number of carbonyl (C=O) groups is 3. The van der Waals surface area contributed by atoms with Gasteiger partial charge in [0.05, 0.1) is 45.0 Å². The molecule has 0 aromatic carbocycles. The number of aliphatic hydroxyl groups is 1. The molecule has 96 heavy (non-hydrogen) atoms. The number of hydrogen-bond donors (Lipinski definition) is 1. The highest BCUT2D eigenvalue weighted by Crippen LogP contribution is 2.35. The van der Waals surface area contributed by atoms with E-state index < -0.39 is 53.7 Å². The predicted octanol–water partition coefficient (Wildman–Crippen LogP) is 12.7. The molecule has 1 aliphatic heterocycles. The van der Waals surface area contributed by atoms with Gasteiger partial charge in [-0.3, -0.25) is 28.3 Å². The lowest BCUT2D eigenvalue weighted by Crippen LogP contribution is -2.44. The van der Waals surface area contributed by atoms with E-state index in [1.54, 1.807) is 12.4 Å². The van der Waals surface area contributed by atoms with Crippen LogP contribution in [0.3, 0.4) is 0 Å². The number of aromatic nitrogens is 11. The third-order valence-electron chi connectivity index (χ3n) is 18.1. The van der Waals surface area contributed by atoms with Crippen LogP contribution in [0.5, 0.6) is 0 Å². The molecule has 5 rings (SSSR count). The van der Waals surface area contributed by atoms with Crippen molar-refractivity contribution < 1.29 is 47.9 Å². The van der Waals surface area contributed by atoms with Gasteiger partial charge < -0.3 is 38.4 Å². The summed E-state index contributed by atoms with van der Waals surface area (Å²) >= 11 is 0. The van der Waals surface area contributed by atoms with Gasteiger partial charge in [-0.25, -0.2) is 18.8 Å². The van der Waals surface area contributed by atoms with Crippen molar-refractivity contribution in [1.29, 1.82) is 0 Å². The first-order valence-corrected chi connectivity index (χ1v) is 37.6. The molecule has 1 fully saturated rings.